The minimum Gasteiger partial charge on any atom is -0.478 e. The number of carbonyl (C=O) groups is 2. The van der Waals surface area contributed by atoms with E-state index in [1.54, 1.807) is 12.2 Å². The van der Waals surface area contributed by atoms with Crippen molar-refractivity contribution in [3.05, 3.63) is 36.5 Å². The van der Waals surface area contributed by atoms with Gasteiger partial charge in [0.25, 0.3) is 0 Å². The summed E-state index contributed by atoms with van der Waals surface area (Å²) in [5, 5.41) is 16.6. The van der Waals surface area contributed by atoms with Gasteiger partial charge in [-0.15, -0.1) is 0 Å². The molecule has 4 heteroatoms. The van der Waals surface area contributed by atoms with E-state index in [9.17, 15) is 9.59 Å². The highest BCUT2D eigenvalue weighted by Gasteiger charge is 1.86. The Labute approximate surface area is 101 Å². The molecule has 17 heavy (non-hydrogen) atoms. The van der Waals surface area contributed by atoms with Gasteiger partial charge in [0.15, 0.2) is 0 Å². The van der Waals surface area contributed by atoms with Crippen molar-refractivity contribution in [2.24, 2.45) is 0 Å². The number of unbranched alkanes of at least 4 members (excludes halogenated alkanes) is 3. The van der Waals surface area contributed by atoms with E-state index in [4.69, 9.17) is 10.2 Å². The summed E-state index contributed by atoms with van der Waals surface area (Å²) in [4.78, 5) is 20.3. The van der Waals surface area contributed by atoms with Crippen LogP contribution < -0.4 is 0 Å². The summed E-state index contributed by atoms with van der Waals surface area (Å²) in [6.07, 6.45) is 13.8. The van der Waals surface area contributed by atoms with Crippen LogP contribution in [0.1, 0.15) is 32.1 Å². The van der Waals surface area contributed by atoms with Crippen molar-refractivity contribution in [2.45, 2.75) is 32.1 Å². The normalized spacial score (nSPS) is 11.8. The zero-order chi connectivity index (χ0) is 12.9. The molecule has 2 N–H and O–H groups in total. The molecule has 0 fully saturated rings. The SMILES string of the molecule is O=C(O)C=CCC=CCCCCC=CC(=O)O. The Kier molecular flexibility index (Phi) is 9.52. The van der Waals surface area contributed by atoms with E-state index in [1.807, 2.05) is 12.2 Å². The minimum absolute atomic E-state index is 0.630. The fraction of sp³-hybridized carbons (Fsp3) is 0.385. The Hall–Kier alpha value is -1.84. The van der Waals surface area contributed by atoms with Crippen molar-refractivity contribution in [2.75, 3.05) is 0 Å². The number of allylic oxidation sites excluding steroid dienone is 4. The molecule has 0 atom stereocenters. The number of carboxylic acid groups (broad SMARTS) is 2. The summed E-state index contributed by atoms with van der Waals surface area (Å²) in [6, 6.07) is 0. The van der Waals surface area contributed by atoms with Gasteiger partial charge >= 0.3 is 11.9 Å². The lowest BCUT2D eigenvalue weighted by molar-refractivity contribution is -0.132. The molecule has 0 unspecified atom stereocenters. The van der Waals surface area contributed by atoms with Gasteiger partial charge in [-0.2, -0.15) is 0 Å². The monoisotopic (exact) mass is 238 g/mol. The van der Waals surface area contributed by atoms with Crippen molar-refractivity contribution >= 4 is 11.9 Å². The van der Waals surface area contributed by atoms with Crippen molar-refractivity contribution in [1.29, 1.82) is 0 Å². The van der Waals surface area contributed by atoms with Crippen LogP contribution in [0.5, 0.6) is 0 Å². The minimum atomic E-state index is -0.927. The third-order valence-electron chi connectivity index (χ3n) is 1.95. The van der Waals surface area contributed by atoms with E-state index in [0.717, 1.165) is 37.8 Å². The number of hydrogen-bond donors (Lipinski definition) is 2. The highest BCUT2D eigenvalue weighted by Crippen LogP contribution is 2.02. The first kappa shape index (κ1) is 15.2. The Morgan fingerprint density at radius 3 is 1.88 bits per heavy atom. The van der Waals surface area contributed by atoms with Crippen molar-refractivity contribution in [3.63, 3.8) is 0 Å². The second kappa shape index (κ2) is 10.7. The molecule has 0 saturated heterocycles. The van der Waals surface area contributed by atoms with Crippen LogP contribution in [0.4, 0.5) is 0 Å². The van der Waals surface area contributed by atoms with Crippen LogP contribution in [0.25, 0.3) is 0 Å². The fourth-order valence-electron chi connectivity index (χ4n) is 1.17. The molecule has 0 spiro atoms. The van der Waals surface area contributed by atoms with Crippen molar-refractivity contribution in [1.82, 2.24) is 0 Å². The van der Waals surface area contributed by atoms with E-state index in [-0.39, 0.29) is 0 Å². The van der Waals surface area contributed by atoms with Gasteiger partial charge in [-0.1, -0.05) is 24.3 Å². The molecular formula is C13H18O4. The predicted octanol–water partition coefficient (Wildman–Crippen LogP) is 2.77. The standard InChI is InChI=1S/C13H18O4/c14-12(15)10-8-6-4-2-1-3-5-7-9-11-13(16)17/h2,4,8-11H,1,3,5-7H2,(H,14,15)(H,16,17). The zero-order valence-corrected chi connectivity index (χ0v) is 9.71. The first-order valence-electron chi connectivity index (χ1n) is 5.57. The summed E-state index contributed by atoms with van der Waals surface area (Å²) in [5.41, 5.74) is 0. The van der Waals surface area contributed by atoms with Crippen LogP contribution in [0.2, 0.25) is 0 Å². The molecule has 0 bridgehead atoms. The lowest BCUT2D eigenvalue weighted by atomic mass is 10.1. The van der Waals surface area contributed by atoms with Gasteiger partial charge in [-0.25, -0.2) is 9.59 Å². The molecular weight excluding hydrogens is 220 g/mol. The van der Waals surface area contributed by atoms with Crippen LogP contribution in [0.3, 0.4) is 0 Å². The van der Waals surface area contributed by atoms with Crippen LogP contribution in [-0.4, -0.2) is 22.2 Å². The molecule has 0 aromatic rings. The average molecular weight is 238 g/mol. The second-order valence-electron chi connectivity index (χ2n) is 3.47. The van der Waals surface area contributed by atoms with Crippen LogP contribution in [0, 0.1) is 0 Å². The van der Waals surface area contributed by atoms with Crippen LogP contribution >= 0.6 is 0 Å². The van der Waals surface area contributed by atoms with Crippen LogP contribution in [-0.2, 0) is 9.59 Å². The second-order valence-corrected chi connectivity index (χ2v) is 3.47. The lowest BCUT2D eigenvalue weighted by Crippen LogP contribution is -1.85. The summed E-state index contributed by atoms with van der Waals surface area (Å²) in [6.45, 7) is 0. The maximum Gasteiger partial charge on any atom is 0.327 e. The predicted molar refractivity (Wildman–Crippen MR) is 65.8 cm³/mol. The third kappa shape index (κ3) is 14.2. The molecule has 0 amide bonds. The summed E-state index contributed by atoms with van der Waals surface area (Å²) >= 11 is 0. The Morgan fingerprint density at radius 1 is 0.765 bits per heavy atom. The Balaban J connectivity index is 3.36. The van der Waals surface area contributed by atoms with Gasteiger partial charge in [0.05, 0.1) is 0 Å². The maximum absolute atomic E-state index is 10.1. The third-order valence-corrected chi connectivity index (χ3v) is 1.95. The highest BCUT2D eigenvalue weighted by atomic mass is 16.4. The van der Waals surface area contributed by atoms with Gasteiger partial charge in [-0.3, -0.25) is 0 Å². The molecule has 0 aliphatic heterocycles. The van der Waals surface area contributed by atoms with Crippen molar-refractivity contribution in [3.8, 4) is 0 Å². The first-order chi connectivity index (χ1) is 8.13. The molecule has 94 valence electrons. The maximum atomic E-state index is 10.1. The first-order valence-corrected chi connectivity index (χ1v) is 5.57. The molecule has 0 aliphatic rings. The largest absolute Gasteiger partial charge is 0.478 e. The van der Waals surface area contributed by atoms with Gasteiger partial charge in [-0.05, 0) is 32.1 Å². The van der Waals surface area contributed by atoms with Gasteiger partial charge in [0, 0.05) is 12.2 Å². The van der Waals surface area contributed by atoms with Crippen LogP contribution in [0.15, 0.2) is 36.5 Å². The highest BCUT2D eigenvalue weighted by molar-refractivity contribution is 5.79. The number of aliphatic carboxylic acids is 2. The molecule has 0 aromatic heterocycles. The topological polar surface area (TPSA) is 74.6 Å². The molecule has 0 aliphatic carbocycles. The smallest absolute Gasteiger partial charge is 0.327 e. The molecule has 4 nitrogen and oxygen atoms in total. The van der Waals surface area contributed by atoms with Gasteiger partial charge in [0.1, 0.15) is 0 Å². The summed E-state index contributed by atoms with van der Waals surface area (Å²) in [5.74, 6) is -1.83. The zero-order valence-electron chi connectivity index (χ0n) is 9.71. The quantitative estimate of drug-likeness (QED) is 0.368. The van der Waals surface area contributed by atoms with E-state index < -0.39 is 11.9 Å². The fourth-order valence-corrected chi connectivity index (χ4v) is 1.17. The van der Waals surface area contributed by atoms with Gasteiger partial charge in [0.2, 0.25) is 0 Å². The average Bonchev–Trinajstić information content (AvgIpc) is 2.25. The Bertz CT molecular complexity index is 313. The summed E-state index contributed by atoms with van der Waals surface area (Å²) < 4.78 is 0. The molecule has 0 aromatic carbocycles. The van der Waals surface area contributed by atoms with E-state index in [0.29, 0.717) is 6.42 Å². The molecule has 0 heterocycles. The lowest BCUT2D eigenvalue weighted by Gasteiger charge is -1.92. The van der Waals surface area contributed by atoms with Gasteiger partial charge < -0.3 is 10.2 Å². The Morgan fingerprint density at radius 2 is 1.29 bits per heavy atom. The van der Waals surface area contributed by atoms with Crippen molar-refractivity contribution < 1.29 is 19.8 Å². The van der Waals surface area contributed by atoms with E-state index in [2.05, 4.69) is 0 Å². The number of hydrogen-bond acceptors (Lipinski definition) is 2. The molecule has 0 rings (SSSR count). The number of carboxylic acids is 2. The number of rotatable bonds is 9. The molecule has 0 saturated carbocycles. The van der Waals surface area contributed by atoms with E-state index >= 15 is 0 Å². The van der Waals surface area contributed by atoms with E-state index in [1.165, 1.54) is 0 Å². The molecule has 0 radical (unpaired) electrons. The summed E-state index contributed by atoms with van der Waals surface area (Å²) in [7, 11) is 0.